The molecule has 0 saturated heterocycles. The van der Waals surface area contributed by atoms with Gasteiger partial charge < -0.3 is 9.05 Å². The van der Waals surface area contributed by atoms with E-state index in [0.29, 0.717) is 24.0 Å². The lowest BCUT2D eigenvalue weighted by atomic mass is 10.1. The lowest BCUT2D eigenvalue weighted by Crippen LogP contribution is -2.52. The Morgan fingerprint density at radius 3 is 1.50 bits per heavy atom. The van der Waals surface area contributed by atoms with Gasteiger partial charge in [-0.25, -0.2) is 0 Å². The molecule has 1 unspecified atom stereocenters. The molecule has 0 spiro atoms. The molecule has 5 nitrogen and oxygen atoms in total. The molecule has 0 aromatic rings. The molecule has 0 heterocycles. The fourth-order valence-electron chi connectivity index (χ4n) is 3.61. The van der Waals surface area contributed by atoms with Gasteiger partial charge in [-0.1, -0.05) is 71.1 Å². The molecular weight excluding hydrogens is 371 g/mol. The zero-order chi connectivity index (χ0) is 21.1. The molecule has 170 valence electrons. The first-order chi connectivity index (χ1) is 13.4. The van der Waals surface area contributed by atoms with Gasteiger partial charge in [-0.3, -0.25) is 9.16 Å². The highest BCUT2D eigenvalue weighted by molar-refractivity contribution is 7.53. The van der Waals surface area contributed by atoms with Crippen LogP contribution in [-0.2, 0) is 13.6 Å². The molecule has 6 heteroatoms. The molecule has 28 heavy (non-hydrogen) atoms. The van der Waals surface area contributed by atoms with Crippen molar-refractivity contribution < 1.29 is 18.2 Å². The van der Waals surface area contributed by atoms with Crippen LogP contribution in [-0.4, -0.2) is 44.1 Å². The van der Waals surface area contributed by atoms with Crippen molar-refractivity contribution in [3.63, 3.8) is 0 Å². The van der Waals surface area contributed by atoms with Crippen molar-refractivity contribution in [2.45, 2.75) is 104 Å². The summed E-state index contributed by atoms with van der Waals surface area (Å²) in [7, 11) is -0.869. The molecule has 0 aromatic heterocycles. The minimum absolute atomic E-state index is 0.422. The zero-order valence-electron chi connectivity index (χ0n) is 19.4. The minimum atomic E-state index is -2.93. The number of rotatable bonds is 21. The van der Waals surface area contributed by atoms with Crippen LogP contribution in [0.15, 0.2) is 0 Å². The molecule has 2 N–H and O–H groups in total. The maximum Gasteiger partial charge on any atom is 0.330 e. The van der Waals surface area contributed by atoms with Gasteiger partial charge in [0.25, 0.3) is 0 Å². The van der Waals surface area contributed by atoms with Crippen molar-refractivity contribution in [3.8, 4) is 0 Å². The normalized spacial score (nSPS) is 14.3. The summed E-state index contributed by atoms with van der Waals surface area (Å²) in [5.41, 5.74) is 0. The molecule has 0 saturated carbocycles. The second-order valence-electron chi connectivity index (χ2n) is 8.34. The Bertz CT molecular complexity index is 382. The number of quaternary nitrogens is 1. The van der Waals surface area contributed by atoms with E-state index in [0.717, 1.165) is 19.5 Å². The smallest absolute Gasteiger partial charge is 0.309 e. The first-order valence-corrected chi connectivity index (χ1v) is 13.6. The molecule has 0 aliphatic carbocycles. The van der Waals surface area contributed by atoms with E-state index in [1.165, 1.54) is 77.0 Å². The summed E-state index contributed by atoms with van der Waals surface area (Å²) in [6, 6.07) is 0. The standard InChI is InChI=1S/C22H50N2O3P/c1-5-8-9-10-11-12-13-14-15-16-17-18-20-24(4,23)21-19-22-28(25,26-6-2)27-7-3/h5-23H2,1-4H3/q+1. The lowest BCUT2D eigenvalue weighted by Gasteiger charge is -2.28. The van der Waals surface area contributed by atoms with Crippen molar-refractivity contribution >= 4 is 7.60 Å². The Morgan fingerprint density at radius 2 is 1.07 bits per heavy atom. The average Bonchev–Trinajstić information content (AvgIpc) is 2.62. The summed E-state index contributed by atoms with van der Waals surface area (Å²) in [6.07, 6.45) is 17.5. The number of nitrogens with zero attached hydrogens (tertiary/aromatic N) is 1. The largest absolute Gasteiger partial charge is 0.330 e. The van der Waals surface area contributed by atoms with Crippen LogP contribution in [0.4, 0.5) is 0 Å². The van der Waals surface area contributed by atoms with E-state index in [2.05, 4.69) is 14.0 Å². The van der Waals surface area contributed by atoms with Crippen LogP contribution in [0, 0.1) is 0 Å². The maximum absolute atomic E-state index is 12.5. The van der Waals surface area contributed by atoms with Gasteiger partial charge in [0, 0.05) is 6.42 Å². The molecule has 0 rings (SSSR count). The fourth-order valence-corrected chi connectivity index (χ4v) is 5.26. The van der Waals surface area contributed by atoms with Gasteiger partial charge in [-0.15, -0.1) is 0 Å². The summed E-state index contributed by atoms with van der Waals surface area (Å²) in [6.45, 7) is 8.60. The first kappa shape index (κ1) is 28.1. The predicted molar refractivity (Wildman–Crippen MR) is 122 cm³/mol. The van der Waals surface area contributed by atoms with Crippen LogP contribution in [0.1, 0.15) is 104 Å². The molecule has 0 aliphatic rings. The number of hydrogen-bond acceptors (Lipinski definition) is 4. The SMILES string of the molecule is CCCCCCCCCCCCCC[N+](C)(N)CCCP(=O)(OCC)OCC. The van der Waals surface area contributed by atoms with E-state index in [1.807, 2.05) is 13.8 Å². The van der Waals surface area contributed by atoms with Gasteiger partial charge in [0.1, 0.15) is 0 Å². The van der Waals surface area contributed by atoms with Gasteiger partial charge in [0.05, 0.1) is 39.5 Å². The monoisotopic (exact) mass is 421 g/mol. The molecule has 0 fully saturated rings. The van der Waals surface area contributed by atoms with E-state index in [9.17, 15) is 4.57 Å². The third kappa shape index (κ3) is 17.0. The van der Waals surface area contributed by atoms with Gasteiger partial charge in [-0.05, 0) is 26.7 Å². The Labute approximate surface area is 175 Å². The molecule has 0 aromatic carbocycles. The highest BCUT2D eigenvalue weighted by atomic mass is 31.2. The summed E-state index contributed by atoms with van der Waals surface area (Å²) >= 11 is 0. The van der Waals surface area contributed by atoms with Crippen molar-refractivity contribution in [1.82, 2.24) is 0 Å². The molecule has 0 aliphatic heterocycles. The third-order valence-corrected chi connectivity index (χ3v) is 7.44. The zero-order valence-corrected chi connectivity index (χ0v) is 20.3. The van der Waals surface area contributed by atoms with Gasteiger partial charge >= 0.3 is 7.60 Å². The van der Waals surface area contributed by atoms with Gasteiger partial charge in [-0.2, -0.15) is 5.84 Å². The molecule has 0 bridgehead atoms. The van der Waals surface area contributed by atoms with Crippen LogP contribution >= 0.6 is 7.60 Å². The van der Waals surface area contributed by atoms with Crippen molar-refractivity contribution in [3.05, 3.63) is 0 Å². The summed E-state index contributed by atoms with van der Waals surface area (Å²) in [5.74, 6) is 6.39. The number of hydrogen-bond donors (Lipinski definition) is 1. The molecule has 1 atom stereocenters. The quantitative estimate of drug-likeness (QED) is 0.0739. The van der Waals surface area contributed by atoms with E-state index in [4.69, 9.17) is 14.9 Å². The third-order valence-electron chi connectivity index (χ3n) is 5.27. The Hall–Kier alpha value is 0.0700. The van der Waals surface area contributed by atoms with Crippen LogP contribution in [0.2, 0.25) is 0 Å². The van der Waals surface area contributed by atoms with E-state index in [-0.39, 0.29) is 0 Å². The van der Waals surface area contributed by atoms with E-state index in [1.54, 1.807) is 0 Å². The molecular formula is C22H50N2O3P+. The predicted octanol–water partition coefficient (Wildman–Crippen LogP) is 6.66. The summed E-state index contributed by atoms with van der Waals surface area (Å²) in [4.78, 5) is 0. The van der Waals surface area contributed by atoms with Crippen LogP contribution in [0.3, 0.4) is 0 Å². The van der Waals surface area contributed by atoms with Crippen molar-refractivity contribution in [2.24, 2.45) is 5.84 Å². The van der Waals surface area contributed by atoms with Gasteiger partial charge in [0.15, 0.2) is 0 Å². The second kappa shape index (κ2) is 17.9. The van der Waals surface area contributed by atoms with Crippen molar-refractivity contribution in [2.75, 3.05) is 39.5 Å². The van der Waals surface area contributed by atoms with E-state index >= 15 is 0 Å². The lowest BCUT2D eigenvalue weighted by molar-refractivity contribution is -0.921. The maximum atomic E-state index is 12.5. The summed E-state index contributed by atoms with van der Waals surface area (Å²) < 4.78 is 23.7. The topological polar surface area (TPSA) is 61.6 Å². The number of nitrogens with two attached hydrogens (primary N) is 1. The highest BCUT2D eigenvalue weighted by Crippen LogP contribution is 2.48. The molecule has 0 radical (unpaired) electrons. The Balaban J connectivity index is 3.65. The van der Waals surface area contributed by atoms with Crippen LogP contribution < -0.4 is 5.84 Å². The Morgan fingerprint density at radius 1 is 0.679 bits per heavy atom. The van der Waals surface area contributed by atoms with Crippen LogP contribution in [0.5, 0.6) is 0 Å². The highest BCUT2D eigenvalue weighted by Gasteiger charge is 2.25. The van der Waals surface area contributed by atoms with E-state index < -0.39 is 7.60 Å². The fraction of sp³-hybridized carbons (Fsp3) is 1.00. The van der Waals surface area contributed by atoms with Crippen LogP contribution in [0.25, 0.3) is 0 Å². The summed E-state index contributed by atoms with van der Waals surface area (Å²) in [5, 5.41) is 0. The molecule has 0 amide bonds. The Kier molecular flexibility index (Phi) is 17.9. The number of unbranched alkanes of at least 4 members (excludes halogenated alkanes) is 11. The minimum Gasteiger partial charge on any atom is -0.309 e. The van der Waals surface area contributed by atoms with Gasteiger partial charge in [0.2, 0.25) is 0 Å². The first-order valence-electron chi connectivity index (χ1n) is 11.9. The van der Waals surface area contributed by atoms with Crippen molar-refractivity contribution in [1.29, 1.82) is 0 Å². The average molecular weight is 422 g/mol. The second-order valence-corrected chi connectivity index (χ2v) is 10.5.